The molecule has 55 valence electrons. The van der Waals surface area contributed by atoms with Gasteiger partial charge in [-0.15, -0.1) is 0 Å². The molecule has 2 aromatic carbocycles. The van der Waals surface area contributed by atoms with Gasteiger partial charge in [0.25, 0.3) is 0 Å². The van der Waals surface area contributed by atoms with Gasteiger partial charge in [0.1, 0.15) is 0 Å². The summed E-state index contributed by atoms with van der Waals surface area (Å²) in [5, 5.41) is 2.35. The van der Waals surface area contributed by atoms with Crippen molar-refractivity contribution in [1.82, 2.24) is 0 Å². The van der Waals surface area contributed by atoms with E-state index in [2.05, 4.69) is 12.1 Å². The molecule has 0 radical (unpaired) electrons. The molecule has 0 fully saturated rings. The van der Waals surface area contributed by atoms with Crippen LogP contribution in [0.2, 0.25) is 0 Å². The van der Waals surface area contributed by atoms with Crippen molar-refractivity contribution in [3.63, 3.8) is 0 Å². The summed E-state index contributed by atoms with van der Waals surface area (Å²) in [6.45, 7) is 0. The maximum atomic E-state index is 10.9. The zero-order valence-corrected chi connectivity index (χ0v) is 9.62. The third kappa shape index (κ3) is 1.23. The number of hydrogen-bond acceptors (Lipinski definition) is 1. The molecule has 0 aliphatic rings. The van der Waals surface area contributed by atoms with E-state index in [9.17, 15) is 3.57 Å². The van der Waals surface area contributed by atoms with Gasteiger partial charge in [-0.1, -0.05) is 0 Å². The first kappa shape index (κ1) is 7.76. The molecule has 12 heavy (non-hydrogen) atoms. The van der Waals surface area contributed by atoms with Crippen LogP contribution in [-0.4, -0.2) is 0 Å². The molecule has 0 bridgehead atoms. The van der Waals surface area contributed by atoms with E-state index in [1.807, 2.05) is 30.3 Å². The SMILES string of the molecule is [O]=[Zn][c]1cccc2ccccc12. The Morgan fingerprint density at radius 2 is 1.67 bits per heavy atom. The van der Waals surface area contributed by atoms with E-state index in [1.165, 1.54) is 5.39 Å². The van der Waals surface area contributed by atoms with Crippen LogP contribution in [-0.2, 0) is 20.7 Å². The summed E-state index contributed by atoms with van der Waals surface area (Å²) in [5.74, 6) is 0. The van der Waals surface area contributed by atoms with Crippen LogP contribution in [0.15, 0.2) is 42.5 Å². The second kappa shape index (κ2) is 3.24. The molecule has 2 aromatic rings. The molecule has 0 heterocycles. The van der Waals surface area contributed by atoms with Crippen LogP contribution in [0.5, 0.6) is 0 Å². The summed E-state index contributed by atoms with van der Waals surface area (Å²) < 4.78 is 12.0. The van der Waals surface area contributed by atoms with Crippen molar-refractivity contribution in [1.29, 1.82) is 0 Å². The fourth-order valence-electron chi connectivity index (χ4n) is 1.42. The molecule has 0 N–H and O–H groups in total. The van der Waals surface area contributed by atoms with Crippen LogP contribution in [0.1, 0.15) is 0 Å². The van der Waals surface area contributed by atoms with Crippen LogP contribution in [0, 0.1) is 0 Å². The van der Waals surface area contributed by atoms with Crippen molar-refractivity contribution < 1.29 is 20.7 Å². The van der Waals surface area contributed by atoms with Crippen molar-refractivity contribution in [2.45, 2.75) is 0 Å². The average Bonchev–Trinajstić information content (AvgIpc) is 2.17. The quantitative estimate of drug-likeness (QED) is 0.654. The fourth-order valence-corrected chi connectivity index (χ4v) is 2.91. The zero-order valence-electron chi connectivity index (χ0n) is 6.66. The van der Waals surface area contributed by atoms with Crippen LogP contribution in [0.25, 0.3) is 10.8 Å². The monoisotopic (exact) mass is 207 g/mol. The van der Waals surface area contributed by atoms with E-state index in [1.54, 1.807) is 0 Å². The Hall–Kier alpha value is -0.877. The Balaban J connectivity index is 2.88. The third-order valence-corrected chi connectivity index (χ3v) is 3.98. The van der Waals surface area contributed by atoms with E-state index in [4.69, 9.17) is 0 Å². The molecule has 1 nitrogen and oxygen atoms in total. The molecule has 0 aliphatic carbocycles. The van der Waals surface area contributed by atoms with E-state index in [0.29, 0.717) is 0 Å². The Labute approximate surface area is 78.3 Å². The average molecular weight is 209 g/mol. The molecule has 2 heteroatoms. The van der Waals surface area contributed by atoms with Gasteiger partial charge in [0.2, 0.25) is 0 Å². The first-order valence-corrected chi connectivity index (χ1v) is 6.66. The fraction of sp³-hybridized carbons (Fsp3) is 0. The molecule has 0 unspecified atom stereocenters. The third-order valence-electron chi connectivity index (χ3n) is 2.04. The normalized spacial score (nSPS) is 9.67. The summed E-state index contributed by atoms with van der Waals surface area (Å²) >= 11 is -1.68. The second-order valence-electron chi connectivity index (χ2n) is 2.78. The van der Waals surface area contributed by atoms with Crippen molar-refractivity contribution >= 4 is 14.9 Å². The Bertz CT molecular complexity index is 418. The predicted octanol–water partition coefficient (Wildman–Crippen LogP) is 1.89. The minimum absolute atomic E-state index is 1.07. The van der Waals surface area contributed by atoms with Gasteiger partial charge in [-0.2, -0.15) is 0 Å². The van der Waals surface area contributed by atoms with Gasteiger partial charge in [-0.05, 0) is 0 Å². The number of rotatable bonds is 1. The predicted molar refractivity (Wildman–Crippen MR) is 44.3 cm³/mol. The van der Waals surface area contributed by atoms with Crippen LogP contribution in [0.3, 0.4) is 0 Å². The Morgan fingerprint density at radius 3 is 2.50 bits per heavy atom. The van der Waals surface area contributed by atoms with E-state index < -0.39 is 17.1 Å². The van der Waals surface area contributed by atoms with Crippen molar-refractivity contribution in [3.05, 3.63) is 42.5 Å². The van der Waals surface area contributed by atoms with E-state index in [-0.39, 0.29) is 0 Å². The van der Waals surface area contributed by atoms with Crippen molar-refractivity contribution in [2.24, 2.45) is 0 Å². The molecule has 0 amide bonds. The molecule has 0 saturated heterocycles. The molecule has 0 spiro atoms. The van der Waals surface area contributed by atoms with Crippen LogP contribution < -0.4 is 4.16 Å². The van der Waals surface area contributed by atoms with Crippen molar-refractivity contribution in [2.75, 3.05) is 0 Å². The van der Waals surface area contributed by atoms with Gasteiger partial charge in [0, 0.05) is 0 Å². The maximum absolute atomic E-state index is 10.9. The van der Waals surface area contributed by atoms with Gasteiger partial charge in [-0.3, -0.25) is 0 Å². The zero-order chi connectivity index (χ0) is 8.39. The molecular weight excluding hydrogens is 201 g/mol. The van der Waals surface area contributed by atoms with Gasteiger partial charge < -0.3 is 0 Å². The topological polar surface area (TPSA) is 17.1 Å². The molecule has 2 rings (SSSR count). The summed E-state index contributed by atoms with van der Waals surface area (Å²) in [4.78, 5) is 0. The Morgan fingerprint density at radius 1 is 0.917 bits per heavy atom. The molecule has 0 atom stereocenters. The first-order valence-electron chi connectivity index (χ1n) is 3.96. The standard InChI is InChI=1S/C10H7.O.Zn/c1-2-6-10-8-4-3-7-9(10)5-1;;/h1-7H;;. The molecule has 0 aliphatic heterocycles. The number of fused-ring (bicyclic) bond motifs is 1. The number of hydrogen-bond donors (Lipinski definition) is 0. The first-order chi connectivity index (χ1) is 5.92. The minimum atomic E-state index is -1.68. The van der Waals surface area contributed by atoms with E-state index >= 15 is 0 Å². The van der Waals surface area contributed by atoms with Gasteiger partial charge >= 0.3 is 78.0 Å². The molecule has 0 saturated carbocycles. The van der Waals surface area contributed by atoms with E-state index in [0.717, 1.165) is 9.54 Å². The summed E-state index contributed by atoms with van der Waals surface area (Å²) in [7, 11) is 0. The summed E-state index contributed by atoms with van der Waals surface area (Å²) in [6.07, 6.45) is 0. The Kier molecular flexibility index (Phi) is 2.09. The van der Waals surface area contributed by atoms with Crippen molar-refractivity contribution in [3.8, 4) is 0 Å². The number of benzene rings is 2. The van der Waals surface area contributed by atoms with Gasteiger partial charge in [-0.25, -0.2) is 0 Å². The summed E-state index contributed by atoms with van der Waals surface area (Å²) in [5.41, 5.74) is 0. The summed E-state index contributed by atoms with van der Waals surface area (Å²) in [6, 6.07) is 14.1. The molecular formula is C10H7OZn. The van der Waals surface area contributed by atoms with Gasteiger partial charge in [0.15, 0.2) is 0 Å². The molecule has 0 aromatic heterocycles. The van der Waals surface area contributed by atoms with Crippen LogP contribution >= 0.6 is 0 Å². The van der Waals surface area contributed by atoms with Crippen LogP contribution in [0.4, 0.5) is 0 Å². The second-order valence-corrected chi connectivity index (χ2v) is 4.99. The van der Waals surface area contributed by atoms with Gasteiger partial charge in [0.05, 0.1) is 0 Å².